The molecule has 2 fully saturated rings. The molecule has 2 aromatic heterocycles. The van der Waals surface area contributed by atoms with E-state index in [0.717, 1.165) is 60.3 Å². The molecule has 0 unspecified atom stereocenters. The molecule has 0 spiro atoms. The van der Waals surface area contributed by atoms with Crippen LogP contribution in [0, 0.1) is 0 Å². The van der Waals surface area contributed by atoms with Crippen LogP contribution in [-0.4, -0.2) is 82.3 Å². The van der Waals surface area contributed by atoms with Crippen molar-refractivity contribution in [1.82, 2.24) is 19.9 Å². The topological polar surface area (TPSA) is 111 Å². The lowest BCUT2D eigenvalue weighted by Crippen LogP contribution is -2.38. The van der Waals surface area contributed by atoms with E-state index in [9.17, 15) is 8.42 Å². The van der Waals surface area contributed by atoms with Crippen LogP contribution >= 0.6 is 0 Å². The van der Waals surface area contributed by atoms with Crippen LogP contribution in [0.2, 0.25) is 25.7 Å². The first-order chi connectivity index (χ1) is 18.7. The van der Waals surface area contributed by atoms with Gasteiger partial charge in [0.15, 0.2) is 0 Å². The van der Waals surface area contributed by atoms with Crippen molar-refractivity contribution < 1.29 is 17.9 Å². The van der Waals surface area contributed by atoms with Crippen LogP contribution in [0.15, 0.2) is 36.7 Å². The normalized spacial score (nSPS) is 17.6. The summed E-state index contributed by atoms with van der Waals surface area (Å²) in [6, 6.07) is 10.8. The molecule has 39 heavy (non-hydrogen) atoms. The Morgan fingerprint density at radius 2 is 1.82 bits per heavy atom. The zero-order chi connectivity index (χ0) is 27.5. The van der Waals surface area contributed by atoms with E-state index in [4.69, 9.17) is 9.47 Å². The summed E-state index contributed by atoms with van der Waals surface area (Å²) in [5.74, 6) is 0.900. The maximum absolute atomic E-state index is 12.9. The molecular formula is C27H40N6O4SSi. The number of hydrogen-bond donors (Lipinski definition) is 2. The van der Waals surface area contributed by atoms with Gasteiger partial charge in [0.1, 0.15) is 24.5 Å². The minimum Gasteiger partial charge on any atom is -0.378 e. The van der Waals surface area contributed by atoms with E-state index in [2.05, 4.69) is 55.2 Å². The molecule has 0 atom stereocenters. The Morgan fingerprint density at radius 1 is 1.10 bits per heavy atom. The fourth-order valence-corrected chi connectivity index (χ4v) is 7.29. The summed E-state index contributed by atoms with van der Waals surface area (Å²) in [4.78, 5) is 11.5. The zero-order valence-corrected chi connectivity index (χ0v) is 25.0. The number of fused-ring (bicyclic) bond motifs is 1. The summed E-state index contributed by atoms with van der Waals surface area (Å²) in [6.45, 7) is 12.5. The number of anilines is 2. The number of hydrogen-bond acceptors (Lipinski definition) is 8. The molecule has 3 aromatic rings. The van der Waals surface area contributed by atoms with Crippen molar-refractivity contribution in [1.29, 1.82) is 0 Å². The summed E-state index contributed by atoms with van der Waals surface area (Å²) in [5.41, 5.74) is 3.31. The quantitative estimate of drug-likeness (QED) is 0.279. The fraction of sp³-hybridized carbons (Fsp3) is 0.556. The van der Waals surface area contributed by atoms with Crippen LogP contribution in [-0.2, 0) is 26.2 Å². The lowest BCUT2D eigenvalue weighted by Gasteiger charge is -2.28. The molecule has 2 aliphatic rings. The molecule has 12 heteroatoms. The summed E-state index contributed by atoms with van der Waals surface area (Å²) >= 11 is 0. The highest BCUT2D eigenvalue weighted by molar-refractivity contribution is 7.93. The van der Waals surface area contributed by atoms with Gasteiger partial charge in [-0.25, -0.2) is 18.4 Å². The number of benzene rings is 1. The smallest absolute Gasteiger partial charge is 0.235 e. The monoisotopic (exact) mass is 572 g/mol. The van der Waals surface area contributed by atoms with E-state index >= 15 is 0 Å². The van der Waals surface area contributed by atoms with Crippen LogP contribution in [0.3, 0.4) is 0 Å². The Balaban J connectivity index is 1.44. The number of nitrogens with one attached hydrogen (secondary N) is 2. The van der Waals surface area contributed by atoms with E-state index in [0.29, 0.717) is 45.1 Å². The summed E-state index contributed by atoms with van der Waals surface area (Å²) in [6.07, 6.45) is 2.86. The lowest BCUT2D eigenvalue weighted by atomic mass is 10.1. The molecule has 212 valence electrons. The highest BCUT2D eigenvalue weighted by atomic mass is 32.2. The Kier molecular flexibility index (Phi) is 8.57. The van der Waals surface area contributed by atoms with Crippen molar-refractivity contribution in [2.24, 2.45) is 0 Å². The van der Waals surface area contributed by atoms with Gasteiger partial charge in [-0.3, -0.25) is 4.72 Å². The van der Waals surface area contributed by atoms with Gasteiger partial charge in [-0.1, -0.05) is 31.8 Å². The van der Waals surface area contributed by atoms with Gasteiger partial charge in [0.25, 0.3) is 0 Å². The zero-order valence-electron chi connectivity index (χ0n) is 23.1. The minimum atomic E-state index is -3.43. The van der Waals surface area contributed by atoms with Gasteiger partial charge in [-0.05, 0) is 55.7 Å². The molecule has 5 rings (SSSR count). The van der Waals surface area contributed by atoms with Gasteiger partial charge in [-0.2, -0.15) is 0 Å². The average Bonchev–Trinajstić information content (AvgIpc) is 3.30. The minimum absolute atomic E-state index is 0.369. The van der Waals surface area contributed by atoms with E-state index in [1.807, 2.05) is 24.3 Å². The number of rotatable bonds is 10. The van der Waals surface area contributed by atoms with Crippen LogP contribution in [0.5, 0.6) is 0 Å². The fourth-order valence-electron chi connectivity index (χ4n) is 5.04. The second-order valence-corrected chi connectivity index (χ2v) is 19.1. The molecule has 0 aliphatic carbocycles. The van der Waals surface area contributed by atoms with E-state index < -0.39 is 18.1 Å². The van der Waals surface area contributed by atoms with Gasteiger partial charge in [-0.15, -0.1) is 0 Å². The lowest BCUT2D eigenvalue weighted by molar-refractivity contribution is 0.0909. The third-order valence-electron chi connectivity index (χ3n) is 7.36. The average molecular weight is 573 g/mol. The van der Waals surface area contributed by atoms with Crippen molar-refractivity contribution in [3.05, 3.63) is 36.7 Å². The predicted octanol–water partition coefficient (Wildman–Crippen LogP) is 3.74. The molecule has 10 nitrogen and oxygen atoms in total. The first-order valence-corrected chi connectivity index (χ1v) is 19.0. The van der Waals surface area contributed by atoms with Crippen molar-refractivity contribution in [2.75, 3.05) is 55.6 Å². The van der Waals surface area contributed by atoms with E-state index in [-0.39, 0.29) is 5.25 Å². The van der Waals surface area contributed by atoms with Crippen LogP contribution in [0.1, 0.15) is 12.8 Å². The van der Waals surface area contributed by atoms with Gasteiger partial charge < -0.3 is 24.3 Å². The molecule has 2 saturated heterocycles. The highest BCUT2D eigenvalue weighted by Crippen LogP contribution is 2.33. The Labute approximate surface area is 232 Å². The number of nitrogens with zero attached hydrogens (tertiary/aromatic N) is 4. The Bertz CT molecular complexity index is 1360. The van der Waals surface area contributed by atoms with Gasteiger partial charge in [0, 0.05) is 33.5 Å². The second kappa shape index (κ2) is 11.9. The maximum atomic E-state index is 12.9. The second-order valence-electron chi connectivity index (χ2n) is 11.5. The SMILES string of the molecule is C[Si](C)(C)CCOCn1c(-c2ccc(NS(=O)(=O)C3CCNCC3)cc2)cc2c(N3CCOCC3)ncnc21. The van der Waals surface area contributed by atoms with E-state index in [1.165, 1.54) is 0 Å². The number of piperidine rings is 1. The largest absolute Gasteiger partial charge is 0.378 e. The number of ether oxygens (including phenoxy) is 2. The summed E-state index contributed by atoms with van der Waals surface area (Å²) in [7, 11) is -4.65. The molecular weight excluding hydrogens is 532 g/mol. The predicted molar refractivity (Wildman–Crippen MR) is 159 cm³/mol. The Morgan fingerprint density at radius 3 is 2.51 bits per heavy atom. The first-order valence-electron chi connectivity index (χ1n) is 13.8. The van der Waals surface area contributed by atoms with Crippen LogP contribution in [0.25, 0.3) is 22.3 Å². The van der Waals surface area contributed by atoms with Crippen LogP contribution in [0.4, 0.5) is 11.5 Å². The molecule has 2 N–H and O–H groups in total. The molecule has 0 saturated carbocycles. The number of aromatic nitrogens is 3. The van der Waals surface area contributed by atoms with E-state index in [1.54, 1.807) is 6.33 Å². The first kappa shape index (κ1) is 28.0. The number of sulfonamides is 1. The van der Waals surface area contributed by atoms with Crippen molar-refractivity contribution in [3.63, 3.8) is 0 Å². The number of morpholine rings is 1. The standard InChI is InChI=1S/C27H40N6O4SSi/c1-39(2,3)17-16-37-20-33-25(18-24-26(29-19-30-27(24)33)32-12-14-36-15-13-32)21-4-6-22(7-5-21)31-38(34,35)23-8-10-28-11-9-23/h4-7,18-19,23,28,31H,8-17,20H2,1-3H3. The van der Waals surface area contributed by atoms with Crippen molar-refractivity contribution in [3.8, 4) is 11.3 Å². The molecule has 2 aliphatic heterocycles. The van der Waals surface area contributed by atoms with Crippen LogP contribution < -0.4 is 14.9 Å². The van der Waals surface area contributed by atoms with Gasteiger partial charge in [0.2, 0.25) is 10.0 Å². The van der Waals surface area contributed by atoms with Gasteiger partial charge in [0.05, 0.1) is 29.5 Å². The maximum Gasteiger partial charge on any atom is 0.235 e. The summed E-state index contributed by atoms with van der Waals surface area (Å²) < 4.78 is 42.4. The van der Waals surface area contributed by atoms with Gasteiger partial charge >= 0.3 is 0 Å². The Hall–Kier alpha value is -2.51. The highest BCUT2D eigenvalue weighted by Gasteiger charge is 2.27. The summed E-state index contributed by atoms with van der Waals surface area (Å²) in [5, 5.41) is 3.82. The molecule has 0 amide bonds. The third-order valence-corrected chi connectivity index (χ3v) is 10.9. The van der Waals surface area contributed by atoms with Crippen molar-refractivity contribution in [2.45, 2.75) is 50.5 Å². The third kappa shape index (κ3) is 6.80. The van der Waals surface area contributed by atoms with Crippen molar-refractivity contribution >= 4 is 40.6 Å². The molecule has 1 aromatic carbocycles. The molecule has 0 radical (unpaired) electrons. The molecule has 4 heterocycles. The molecule has 0 bridgehead atoms.